The van der Waals surface area contributed by atoms with Gasteiger partial charge in [0, 0.05) is 13.0 Å². The number of nitrogens with zero attached hydrogens (tertiary/aromatic N) is 4. The van der Waals surface area contributed by atoms with Crippen molar-refractivity contribution < 1.29 is 37.4 Å². The van der Waals surface area contributed by atoms with Crippen molar-refractivity contribution in [3.8, 4) is 33.6 Å². The fourth-order valence-corrected chi connectivity index (χ4v) is 7.69. The molecule has 14 nitrogen and oxygen atoms in total. The van der Waals surface area contributed by atoms with Crippen LogP contribution in [0.4, 0.5) is 13.6 Å². The Balaban J connectivity index is 1.12. The normalized spacial score (nSPS) is 19.2. The molecular weight excluding hydrogens is 751 g/mol. The number of likely N-dealkylation sites (tertiary alicyclic amines) is 2. The second kappa shape index (κ2) is 17.9. The second-order valence-electron chi connectivity index (χ2n) is 15.4. The molecule has 4 heterocycles. The summed E-state index contributed by atoms with van der Waals surface area (Å²) in [5.74, 6) is -3.63. The number of carbonyl (C=O) groups excluding carboxylic acids is 4. The smallest absolute Gasteiger partial charge is 0.407 e. The van der Waals surface area contributed by atoms with Crippen molar-refractivity contribution in [2.24, 2.45) is 11.8 Å². The molecule has 6 rings (SSSR count). The first-order valence-corrected chi connectivity index (χ1v) is 19.7. The Kier molecular flexibility index (Phi) is 12.9. The lowest BCUT2D eigenvalue weighted by molar-refractivity contribution is -0.141. The van der Waals surface area contributed by atoms with Gasteiger partial charge < -0.3 is 34.6 Å². The van der Waals surface area contributed by atoms with Gasteiger partial charge in [0.2, 0.25) is 11.8 Å². The average molecular weight is 803 g/mol. The third kappa shape index (κ3) is 9.22. The Morgan fingerprint density at radius 2 is 1.34 bits per heavy atom. The molecule has 2 aliphatic heterocycles. The number of imidazole rings is 2. The van der Waals surface area contributed by atoms with Gasteiger partial charge in [0.15, 0.2) is 0 Å². The van der Waals surface area contributed by atoms with Crippen molar-refractivity contribution >= 4 is 23.9 Å². The van der Waals surface area contributed by atoms with Crippen LogP contribution in [0.5, 0.6) is 0 Å². The van der Waals surface area contributed by atoms with Gasteiger partial charge in [-0.25, -0.2) is 23.5 Å². The van der Waals surface area contributed by atoms with E-state index in [-0.39, 0.29) is 36.2 Å². The summed E-state index contributed by atoms with van der Waals surface area (Å²) in [6.07, 6.45) is 4.33. The van der Waals surface area contributed by atoms with E-state index in [1.165, 1.54) is 14.2 Å². The molecule has 0 saturated carbocycles. The summed E-state index contributed by atoms with van der Waals surface area (Å²) < 4.78 is 39.0. The van der Waals surface area contributed by atoms with Crippen LogP contribution in [-0.2, 0) is 23.9 Å². The Morgan fingerprint density at radius 1 is 0.810 bits per heavy atom. The van der Waals surface area contributed by atoms with Gasteiger partial charge in [-0.2, -0.15) is 0 Å². The Hall–Kier alpha value is -5.64. The summed E-state index contributed by atoms with van der Waals surface area (Å²) in [6, 6.07) is 13.0. The van der Waals surface area contributed by atoms with E-state index in [2.05, 4.69) is 35.3 Å². The number of methoxy groups -OCH3 is 2. The Labute approximate surface area is 336 Å². The summed E-state index contributed by atoms with van der Waals surface area (Å²) in [7, 11) is 2.50. The number of alkyl halides is 2. The van der Waals surface area contributed by atoms with E-state index in [4.69, 9.17) is 4.74 Å². The van der Waals surface area contributed by atoms with Crippen molar-refractivity contribution in [3.05, 3.63) is 72.6 Å². The number of aromatic nitrogens is 4. The van der Waals surface area contributed by atoms with Crippen LogP contribution in [0.3, 0.4) is 0 Å². The number of amides is 3. The average Bonchev–Trinajstić information content (AvgIpc) is 4.06. The number of aromatic amines is 2. The molecule has 0 aliphatic carbocycles. The number of H-pyrrole nitrogens is 2. The fourth-order valence-electron chi connectivity index (χ4n) is 7.69. The lowest BCUT2D eigenvalue weighted by Crippen LogP contribution is -2.51. The number of nitrogens with one attached hydrogen (secondary N) is 4. The zero-order valence-electron chi connectivity index (χ0n) is 33.7. The number of alkyl carbamates (subject to hydrolysis) is 1. The van der Waals surface area contributed by atoms with E-state index in [9.17, 15) is 28.0 Å². The predicted molar refractivity (Wildman–Crippen MR) is 212 cm³/mol. The first-order chi connectivity index (χ1) is 27.7. The third-order valence-corrected chi connectivity index (χ3v) is 11.2. The van der Waals surface area contributed by atoms with Crippen LogP contribution in [-0.4, -0.2) is 105 Å². The highest BCUT2D eigenvalue weighted by atomic mass is 19.3. The maximum Gasteiger partial charge on any atom is 0.407 e. The van der Waals surface area contributed by atoms with Gasteiger partial charge in [-0.1, -0.05) is 82.6 Å². The molecule has 4 aromatic rings. The molecule has 2 aliphatic rings. The minimum atomic E-state index is -3.13. The van der Waals surface area contributed by atoms with Crippen LogP contribution in [0, 0.1) is 11.8 Å². The molecule has 2 saturated heterocycles. The molecule has 5 atom stereocenters. The molecule has 0 bridgehead atoms. The fraction of sp³-hybridized carbons (Fsp3) is 0.476. The van der Waals surface area contributed by atoms with Gasteiger partial charge in [-0.15, -0.1) is 0 Å². The van der Waals surface area contributed by atoms with E-state index < -0.39 is 55.0 Å². The Bertz CT molecular complexity index is 2070. The van der Waals surface area contributed by atoms with Crippen LogP contribution in [0.25, 0.3) is 33.6 Å². The number of hydrogen-bond donors (Lipinski definition) is 4. The molecule has 2 aromatic heterocycles. The highest BCUT2D eigenvalue weighted by Gasteiger charge is 2.50. The minimum absolute atomic E-state index is 0.0198. The van der Waals surface area contributed by atoms with Crippen molar-refractivity contribution in [1.29, 1.82) is 0 Å². The van der Waals surface area contributed by atoms with E-state index in [1.807, 2.05) is 67.3 Å². The standard InChI is InChI=1S/C42H52F2N8O6/c1-7-25(4)36(45-22-34(53)57-5)40(55)51-18-8-9-32(51)37-46-20-30(48-37)28-14-10-26(11-15-28)27-12-16-29(17-13-27)31-21-47-38(49-31)33-19-42(43,44)23-52(33)39(54)35(24(2)3)50-41(56)58-6/h10-17,20-21,24-25,32-33,35-36,45H,7-9,18-19,22-23H2,1-6H3,(H,46,48)(H,47,49)(H,50,56)/t25?,32-,33-,35-,36-/m0/s1. The number of halogens is 2. The van der Waals surface area contributed by atoms with Crippen LogP contribution in [0.2, 0.25) is 0 Å². The molecule has 310 valence electrons. The lowest BCUT2D eigenvalue weighted by atomic mass is 9.97. The van der Waals surface area contributed by atoms with Gasteiger partial charge >= 0.3 is 12.1 Å². The number of rotatable bonds is 14. The monoisotopic (exact) mass is 802 g/mol. The van der Waals surface area contributed by atoms with Gasteiger partial charge in [0.05, 0.1) is 69.2 Å². The topological polar surface area (TPSA) is 175 Å². The molecular formula is C42H52F2N8O6. The minimum Gasteiger partial charge on any atom is -0.468 e. The van der Waals surface area contributed by atoms with Crippen molar-refractivity contribution in [2.75, 3.05) is 33.9 Å². The van der Waals surface area contributed by atoms with Crippen molar-refractivity contribution in [1.82, 2.24) is 40.4 Å². The van der Waals surface area contributed by atoms with Crippen molar-refractivity contribution in [2.45, 2.75) is 83.5 Å². The maximum atomic E-state index is 14.8. The third-order valence-electron chi connectivity index (χ3n) is 11.2. The molecule has 16 heteroatoms. The Morgan fingerprint density at radius 3 is 1.86 bits per heavy atom. The molecule has 0 spiro atoms. The highest BCUT2D eigenvalue weighted by Crippen LogP contribution is 2.41. The van der Waals surface area contributed by atoms with Gasteiger partial charge in [0.1, 0.15) is 17.7 Å². The first kappa shape index (κ1) is 42.0. The van der Waals surface area contributed by atoms with Gasteiger partial charge in [-0.3, -0.25) is 19.7 Å². The van der Waals surface area contributed by atoms with E-state index in [0.29, 0.717) is 12.2 Å². The molecule has 2 aromatic carbocycles. The number of hydrogen-bond acceptors (Lipinski definition) is 9. The van der Waals surface area contributed by atoms with Crippen molar-refractivity contribution in [3.63, 3.8) is 0 Å². The summed E-state index contributed by atoms with van der Waals surface area (Å²) in [5.41, 5.74) is 5.09. The maximum absolute atomic E-state index is 14.8. The summed E-state index contributed by atoms with van der Waals surface area (Å²) in [5, 5.41) is 5.59. The quantitative estimate of drug-likeness (QED) is 0.107. The molecule has 4 N–H and O–H groups in total. The summed E-state index contributed by atoms with van der Waals surface area (Å²) in [4.78, 5) is 69.7. The summed E-state index contributed by atoms with van der Waals surface area (Å²) >= 11 is 0. The van der Waals surface area contributed by atoms with E-state index >= 15 is 0 Å². The molecule has 58 heavy (non-hydrogen) atoms. The number of benzene rings is 2. The van der Waals surface area contributed by atoms with E-state index in [1.54, 1.807) is 26.2 Å². The van der Waals surface area contributed by atoms with Gasteiger partial charge in [-0.05, 0) is 46.9 Å². The number of carbonyl (C=O) groups is 4. The molecule has 0 radical (unpaired) electrons. The molecule has 3 amide bonds. The van der Waals surface area contributed by atoms with E-state index in [0.717, 1.165) is 57.9 Å². The van der Waals surface area contributed by atoms with Gasteiger partial charge in [0.25, 0.3) is 5.92 Å². The molecule has 2 fully saturated rings. The summed E-state index contributed by atoms with van der Waals surface area (Å²) in [6.45, 7) is 7.24. The lowest BCUT2D eigenvalue weighted by Gasteiger charge is -2.31. The van der Waals surface area contributed by atoms with Crippen LogP contribution in [0.1, 0.15) is 77.1 Å². The zero-order valence-corrected chi connectivity index (χ0v) is 33.7. The first-order valence-electron chi connectivity index (χ1n) is 19.7. The second-order valence-corrected chi connectivity index (χ2v) is 15.4. The molecule has 1 unspecified atom stereocenters. The van der Waals surface area contributed by atoms with Crippen LogP contribution < -0.4 is 10.6 Å². The highest BCUT2D eigenvalue weighted by molar-refractivity contribution is 5.87. The predicted octanol–water partition coefficient (Wildman–Crippen LogP) is 6.26. The zero-order chi connectivity index (χ0) is 41.7. The van der Waals surface area contributed by atoms with Crippen LogP contribution >= 0.6 is 0 Å². The SMILES string of the molecule is CCC(C)[C@H](NCC(=O)OC)C(=O)N1CCC[C@H]1c1ncc(-c2ccc(-c3ccc(-c4cnc([C@@H]5CC(F)(F)CN5C(=O)[C@@H](NC(=O)OC)C(C)C)[nH]4)cc3)cc2)[nH]1. The number of esters is 1. The number of ether oxygens (including phenoxy) is 2. The van der Waals surface area contributed by atoms with Crippen LogP contribution in [0.15, 0.2) is 60.9 Å². The largest absolute Gasteiger partial charge is 0.468 e.